The van der Waals surface area contributed by atoms with Gasteiger partial charge in [-0.05, 0) is 18.8 Å². The molecule has 1 aliphatic rings. The second-order valence-electron chi connectivity index (χ2n) is 4.13. The van der Waals surface area contributed by atoms with E-state index in [0.717, 1.165) is 19.3 Å². The van der Waals surface area contributed by atoms with E-state index in [2.05, 4.69) is 6.92 Å². The minimum absolute atomic E-state index is 0.121. The number of carbonyl (C=O) groups excluding carboxylic acids is 1. The lowest BCUT2D eigenvalue weighted by atomic mass is 9.71. The molecule has 2 heteroatoms. The molecule has 0 bridgehead atoms. The molecule has 1 amide bonds. The average molecular weight is 155 g/mol. The monoisotopic (exact) mass is 155 g/mol. The lowest BCUT2D eigenvalue weighted by Gasteiger charge is -2.33. The van der Waals surface area contributed by atoms with Crippen LogP contribution in [0, 0.1) is 11.3 Å². The van der Waals surface area contributed by atoms with Crippen LogP contribution in [0.25, 0.3) is 0 Å². The Morgan fingerprint density at radius 3 is 2.64 bits per heavy atom. The molecular weight excluding hydrogens is 138 g/mol. The Kier molecular flexibility index (Phi) is 2.21. The molecule has 0 aromatic rings. The number of nitrogens with two attached hydrogens (primary N) is 1. The van der Waals surface area contributed by atoms with Crippen molar-refractivity contribution in [2.45, 2.75) is 39.5 Å². The average Bonchev–Trinajstić information content (AvgIpc) is 1.86. The van der Waals surface area contributed by atoms with Gasteiger partial charge in [0.1, 0.15) is 0 Å². The van der Waals surface area contributed by atoms with Gasteiger partial charge in [0.2, 0.25) is 5.91 Å². The lowest BCUT2D eigenvalue weighted by molar-refractivity contribution is -0.129. The maximum atomic E-state index is 11.0. The molecule has 64 valence electrons. The molecular formula is C9H17NO. The maximum absolute atomic E-state index is 11.0. The van der Waals surface area contributed by atoms with Gasteiger partial charge in [-0.2, -0.15) is 0 Å². The number of amides is 1. The van der Waals surface area contributed by atoms with E-state index in [1.54, 1.807) is 0 Å². The second-order valence-corrected chi connectivity index (χ2v) is 4.13. The normalized spacial score (nSPS) is 38.5. The fraction of sp³-hybridized carbons (Fsp3) is 0.889. The summed E-state index contributed by atoms with van der Waals surface area (Å²) in [6.45, 7) is 4.19. The van der Waals surface area contributed by atoms with Gasteiger partial charge in [0, 0.05) is 5.41 Å². The summed E-state index contributed by atoms with van der Waals surface area (Å²) in [7, 11) is 0. The summed E-state index contributed by atoms with van der Waals surface area (Å²) in [5.74, 6) is 0.547. The zero-order chi connectivity index (χ0) is 8.48. The molecule has 1 saturated carbocycles. The zero-order valence-corrected chi connectivity index (χ0v) is 7.39. The van der Waals surface area contributed by atoms with Gasteiger partial charge >= 0.3 is 0 Å². The molecule has 1 rings (SSSR count). The first-order chi connectivity index (χ1) is 5.04. The molecule has 0 spiro atoms. The van der Waals surface area contributed by atoms with Crippen molar-refractivity contribution in [2.75, 3.05) is 0 Å². The number of rotatable bonds is 1. The van der Waals surface area contributed by atoms with E-state index in [1.165, 1.54) is 6.42 Å². The molecule has 2 nitrogen and oxygen atoms in total. The minimum atomic E-state index is -0.211. The van der Waals surface area contributed by atoms with Gasteiger partial charge in [-0.1, -0.05) is 26.7 Å². The zero-order valence-electron chi connectivity index (χ0n) is 7.39. The predicted molar refractivity (Wildman–Crippen MR) is 44.9 cm³/mol. The summed E-state index contributed by atoms with van der Waals surface area (Å²) in [6.07, 6.45) is 4.36. The van der Waals surface area contributed by atoms with E-state index in [1.807, 2.05) is 6.92 Å². The predicted octanol–water partition coefficient (Wildman–Crippen LogP) is 1.69. The highest BCUT2D eigenvalue weighted by atomic mass is 16.1. The fourth-order valence-corrected chi connectivity index (χ4v) is 2.04. The van der Waals surface area contributed by atoms with Gasteiger partial charge in [-0.15, -0.1) is 0 Å². The van der Waals surface area contributed by atoms with Crippen LogP contribution in [-0.2, 0) is 4.79 Å². The highest BCUT2D eigenvalue weighted by molar-refractivity contribution is 5.80. The highest BCUT2D eigenvalue weighted by Crippen LogP contribution is 2.38. The van der Waals surface area contributed by atoms with Crippen LogP contribution in [0.1, 0.15) is 39.5 Å². The first kappa shape index (κ1) is 8.57. The lowest BCUT2D eigenvalue weighted by Crippen LogP contribution is -2.38. The first-order valence-electron chi connectivity index (χ1n) is 4.34. The molecule has 0 saturated heterocycles. The quantitative estimate of drug-likeness (QED) is 0.615. The Balaban J connectivity index is 2.63. The molecule has 1 fully saturated rings. The van der Waals surface area contributed by atoms with E-state index in [4.69, 9.17) is 5.73 Å². The Hall–Kier alpha value is -0.530. The highest BCUT2D eigenvalue weighted by Gasteiger charge is 2.35. The van der Waals surface area contributed by atoms with Crippen molar-refractivity contribution in [3.63, 3.8) is 0 Å². The van der Waals surface area contributed by atoms with Gasteiger partial charge in [0.15, 0.2) is 0 Å². The van der Waals surface area contributed by atoms with E-state index in [-0.39, 0.29) is 11.3 Å². The fourth-order valence-electron chi connectivity index (χ4n) is 2.04. The first-order valence-corrected chi connectivity index (χ1v) is 4.34. The Morgan fingerprint density at radius 1 is 1.64 bits per heavy atom. The van der Waals surface area contributed by atoms with Crippen LogP contribution < -0.4 is 5.73 Å². The Bertz CT molecular complexity index is 167. The van der Waals surface area contributed by atoms with Crippen LogP contribution >= 0.6 is 0 Å². The maximum Gasteiger partial charge on any atom is 0.223 e. The van der Waals surface area contributed by atoms with Crippen LogP contribution in [0.2, 0.25) is 0 Å². The molecule has 0 radical (unpaired) electrons. The smallest absolute Gasteiger partial charge is 0.223 e. The van der Waals surface area contributed by atoms with E-state index >= 15 is 0 Å². The van der Waals surface area contributed by atoms with E-state index < -0.39 is 0 Å². The number of primary amides is 1. The molecule has 0 aliphatic heterocycles. The molecule has 0 heterocycles. The van der Waals surface area contributed by atoms with Crippen molar-refractivity contribution in [1.82, 2.24) is 0 Å². The third kappa shape index (κ3) is 1.73. The van der Waals surface area contributed by atoms with Gasteiger partial charge in [0.25, 0.3) is 0 Å². The summed E-state index contributed by atoms with van der Waals surface area (Å²) in [6, 6.07) is 0. The van der Waals surface area contributed by atoms with Crippen LogP contribution in [0.15, 0.2) is 0 Å². The van der Waals surface area contributed by atoms with Gasteiger partial charge in [-0.25, -0.2) is 0 Å². The van der Waals surface area contributed by atoms with Crippen molar-refractivity contribution >= 4 is 5.91 Å². The Labute approximate surface area is 68.2 Å². The van der Waals surface area contributed by atoms with Crippen LogP contribution in [0.4, 0.5) is 0 Å². The van der Waals surface area contributed by atoms with E-state index in [9.17, 15) is 4.79 Å². The molecule has 1 aliphatic carbocycles. The van der Waals surface area contributed by atoms with Crippen molar-refractivity contribution in [3.8, 4) is 0 Å². The van der Waals surface area contributed by atoms with Gasteiger partial charge in [0.05, 0.1) is 0 Å². The van der Waals surface area contributed by atoms with Crippen molar-refractivity contribution < 1.29 is 4.79 Å². The third-order valence-electron chi connectivity index (χ3n) is 2.82. The van der Waals surface area contributed by atoms with Crippen molar-refractivity contribution in [3.05, 3.63) is 0 Å². The SMILES string of the molecule is C[C@@H]1CCC[C@@](C)(C(N)=O)C1. The van der Waals surface area contributed by atoms with Crippen molar-refractivity contribution in [1.29, 1.82) is 0 Å². The summed E-state index contributed by atoms with van der Waals surface area (Å²) in [5, 5.41) is 0. The molecule has 0 aromatic heterocycles. The Morgan fingerprint density at radius 2 is 2.27 bits per heavy atom. The van der Waals surface area contributed by atoms with Crippen LogP contribution in [0.3, 0.4) is 0 Å². The van der Waals surface area contributed by atoms with Gasteiger partial charge < -0.3 is 5.73 Å². The second kappa shape index (κ2) is 2.84. The summed E-state index contributed by atoms with van der Waals surface area (Å²) in [4.78, 5) is 11.0. The number of hydrogen-bond acceptors (Lipinski definition) is 1. The molecule has 2 atom stereocenters. The number of hydrogen-bond donors (Lipinski definition) is 1. The summed E-state index contributed by atoms with van der Waals surface area (Å²) >= 11 is 0. The number of carbonyl (C=O) groups is 1. The minimum Gasteiger partial charge on any atom is -0.369 e. The van der Waals surface area contributed by atoms with E-state index in [0.29, 0.717) is 5.92 Å². The molecule has 0 aromatic carbocycles. The topological polar surface area (TPSA) is 43.1 Å². The van der Waals surface area contributed by atoms with Gasteiger partial charge in [-0.3, -0.25) is 4.79 Å². The molecule has 2 N–H and O–H groups in total. The standard InChI is InChI=1S/C9H17NO/c1-7-4-3-5-9(2,6-7)8(10)11/h7H,3-6H2,1-2H3,(H2,10,11)/t7-,9-/m1/s1. The summed E-state index contributed by atoms with van der Waals surface area (Å²) in [5.41, 5.74) is 5.11. The molecule has 11 heavy (non-hydrogen) atoms. The molecule has 0 unspecified atom stereocenters. The van der Waals surface area contributed by atoms with Crippen LogP contribution in [-0.4, -0.2) is 5.91 Å². The van der Waals surface area contributed by atoms with Crippen LogP contribution in [0.5, 0.6) is 0 Å². The van der Waals surface area contributed by atoms with Crippen molar-refractivity contribution in [2.24, 2.45) is 17.1 Å². The summed E-state index contributed by atoms with van der Waals surface area (Å²) < 4.78 is 0. The largest absolute Gasteiger partial charge is 0.369 e. The third-order valence-corrected chi connectivity index (χ3v) is 2.82.